The van der Waals surface area contributed by atoms with E-state index in [1.807, 2.05) is 24.3 Å². The van der Waals surface area contributed by atoms with E-state index in [1.165, 1.54) is 30.0 Å². The first-order valence-corrected chi connectivity index (χ1v) is 11.1. The van der Waals surface area contributed by atoms with Gasteiger partial charge >= 0.3 is 0 Å². The van der Waals surface area contributed by atoms with Gasteiger partial charge in [-0.05, 0) is 35.9 Å². The molecule has 8 nitrogen and oxygen atoms in total. The highest BCUT2D eigenvalue weighted by Gasteiger charge is 2.28. The highest BCUT2D eigenvalue weighted by atomic mass is 32.2. The van der Waals surface area contributed by atoms with Crippen molar-refractivity contribution in [2.75, 3.05) is 18.2 Å². The van der Waals surface area contributed by atoms with Crippen molar-refractivity contribution < 1.29 is 23.5 Å². The lowest BCUT2D eigenvalue weighted by molar-refractivity contribution is -0.125. The molecule has 1 saturated heterocycles. The standard InChI is InChI=1S/C22H25FN4O4S/c1-31-18-7-2-4-14(8-18)12-24-19(28)10-17-11-20(29)27-22(26-17)32-13-21(30)25-16-6-3-5-15(23)9-16/h2-9,17,22,26H,10-13H2,1H3,(H,24,28)(H,25,30)(H,27,29). The number of nitrogens with one attached hydrogen (secondary N) is 4. The second kappa shape index (κ2) is 11.5. The zero-order valence-corrected chi connectivity index (χ0v) is 18.3. The lowest BCUT2D eigenvalue weighted by Crippen LogP contribution is -2.56. The SMILES string of the molecule is COc1cccc(CNC(=O)CC2CC(=O)NC(SCC(=O)Nc3cccc(F)c3)N2)c1. The summed E-state index contributed by atoms with van der Waals surface area (Å²) in [5.41, 5.74) is 0.761. The molecule has 2 unspecified atom stereocenters. The van der Waals surface area contributed by atoms with Crippen LogP contribution in [0.2, 0.25) is 0 Å². The van der Waals surface area contributed by atoms with E-state index in [0.29, 0.717) is 18.0 Å². The van der Waals surface area contributed by atoms with Gasteiger partial charge in [-0.2, -0.15) is 0 Å². The maximum Gasteiger partial charge on any atom is 0.234 e. The van der Waals surface area contributed by atoms with Crippen molar-refractivity contribution in [2.45, 2.75) is 30.9 Å². The van der Waals surface area contributed by atoms with Gasteiger partial charge in [-0.3, -0.25) is 19.7 Å². The summed E-state index contributed by atoms with van der Waals surface area (Å²) in [6, 6.07) is 12.7. The second-order valence-corrected chi connectivity index (χ2v) is 8.31. The van der Waals surface area contributed by atoms with Crippen LogP contribution in [0.1, 0.15) is 18.4 Å². The number of ether oxygens (including phenoxy) is 1. The first-order valence-electron chi connectivity index (χ1n) is 10.0. The maximum atomic E-state index is 13.2. The minimum absolute atomic E-state index is 0.0449. The van der Waals surface area contributed by atoms with E-state index in [9.17, 15) is 18.8 Å². The van der Waals surface area contributed by atoms with E-state index < -0.39 is 11.3 Å². The molecule has 0 radical (unpaired) electrons. The monoisotopic (exact) mass is 460 g/mol. The van der Waals surface area contributed by atoms with E-state index in [2.05, 4.69) is 21.3 Å². The van der Waals surface area contributed by atoms with Gasteiger partial charge in [0.2, 0.25) is 17.7 Å². The van der Waals surface area contributed by atoms with Crippen LogP contribution < -0.4 is 26.0 Å². The third kappa shape index (κ3) is 7.54. The Kier molecular flexibility index (Phi) is 8.46. The smallest absolute Gasteiger partial charge is 0.234 e. The average Bonchev–Trinajstić information content (AvgIpc) is 2.76. The highest BCUT2D eigenvalue weighted by Crippen LogP contribution is 2.16. The number of carbonyl (C=O) groups excluding carboxylic acids is 3. The van der Waals surface area contributed by atoms with Crippen LogP contribution >= 0.6 is 11.8 Å². The number of anilines is 1. The quantitative estimate of drug-likeness (QED) is 0.456. The molecule has 1 heterocycles. The predicted molar refractivity (Wildman–Crippen MR) is 120 cm³/mol. The Balaban J connectivity index is 1.43. The molecular formula is C22H25FN4O4S. The Labute approximate surface area is 189 Å². The topological polar surface area (TPSA) is 109 Å². The number of halogens is 1. The zero-order valence-electron chi connectivity index (χ0n) is 17.5. The lowest BCUT2D eigenvalue weighted by atomic mass is 10.1. The van der Waals surface area contributed by atoms with Crippen molar-refractivity contribution in [3.8, 4) is 5.75 Å². The van der Waals surface area contributed by atoms with Gasteiger partial charge in [0, 0.05) is 31.1 Å². The Morgan fingerprint density at radius 2 is 2.00 bits per heavy atom. The number of amides is 3. The molecule has 3 amide bonds. The van der Waals surface area contributed by atoms with E-state index >= 15 is 0 Å². The number of rotatable bonds is 9. The lowest BCUT2D eigenvalue weighted by Gasteiger charge is -2.30. The minimum Gasteiger partial charge on any atom is -0.497 e. The molecule has 1 aliphatic heterocycles. The second-order valence-electron chi connectivity index (χ2n) is 7.22. The molecule has 170 valence electrons. The van der Waals surface area contributed by atoms with E-state index in [0.717, 1.165) is 5.56 Å². The van der Waals surface area contributed by atoms with Gasteiger partial charge in [-0.25, -0.2) is 4.39 Å². The third-order valence-corrected chi connectivity index (χ3v) is 5.67. The fraction of sp³-hybridized carbons (Fsp3) is 0.318. The van der Waals surface area contributed by atoms with E-state index in [1.54, 1.807) is 13.2 Å². The van der Waals surface area contributed by atoms with Gasteiger partial charge in [-0.15, -0.1) is 11.8 Å². The molecule has 0 spiro atoms. The molecule has 0 aromatic heterocycles. The predicted octanol–water partition coefficient (Wildman–Crippen LogP) is 1.97. The van der Waals surface area contributed by atoms with Crippen LogP contribution in [0.3, 0.4) is 0 Å². The molecule has 1 fully saturated rings. The summed E-state index contributed by atoms with van der Waals surface area (Å²) < 4.78 is 18.4. The van der Waals surface area contributed by atoms with Gasteiger partial charge < -0.3 is 20.7 Å². The Morgan fingerprint density at radius 3 is 2.78 bits per heavy atom. The summed E-state index contributed by atoms with van der Waals surface area (Å²) in [5, 5.41) is 11.4. The van der Waals surface area contributed by atoms with Crippen LogP contribution in [-0.2, 0) is 20.9 Å². The molecule has 0 saturated carbocycles. The number of carbonyl (C=O) groups is 3. The van der Waals surface area contributed by atoms with Gasteiger partial charge in [-0.1, -0.05) is 18.2 Å². The molecule has 32 heavy (non-hydrogen) atoms. The largest absolute Gasteiger partial charge is 0.497 e. The Morgan fingerprint density at radius 1 is 1.19 bits per heavy atom. The molecular weight excluding hydrogens is 435 g/mol. The van der Waals surface area contributed by atoms with Crippen molar-refractivity contribution in [3.05, 3.63) is 59.9 Å². The van der Waals surface area contributed by atoms with Crippen molar-refractivity contribution >= 4 is 35.2 Å². The molecule has 0 aliphatic carbocycles. The number of thioether (sulfide) groups is 1. The minimum atomic E-state index is -0.509. The van der Waals surface area contributed by atoms with Gasteiger partial charge in [0.15, 0.2) is 0 Å². The van der Waals surface area contributed by atoms with Crippen molar-refractivity contribution in [3.63, 3.8) is 0 Å². The molecule has 4 N–H and O–H groups in total. The fourth-order valence-electron chi connectivity index (χ4n) is 3.17. The zero-order chi connectivity index (χ0) is 22.9. The molecule has 3 rings (SSSR count). The molecule has 2 aromatic rings. The summed E-state index contributed by atoms with van der Waals surface area (Å²) in [6.07, 6.45) is 0.295. The van der Waals surface area contributed by atoms with E-state index in [4.69, 9.17) is 4.74 Å². The molecule has 1 aliphatic rings. The Bertz CT molecular complexity index is 974. The summed E-state index contributed by atoms with van der Waals surface area (Å²) in [7, 11) is 1.58. The third-order valence-electron chi connectivity index (χ3n) is 4.66. The fourth-order valence-corrected chi connectivity index (χ4v) is 4.06. The van der Waals surface area contributed by atoms with Crippen LogP contribution in [0.25, 0.3) is 0 Å². The van der Waals surface area contributed by atoms with Gasteiger partial charge in [0.25, 0.3) is 0 Å². The van der Waals surface area contributed by atoms with Crippen LogP contribution in [0.4, 0.5) is 10.1 Å². The highest BCUT2D eigenvalue weighted by molar-refractivity contribution is 8.00. The number of benzene rings is 2. The number of hydrogen-bond donors (Lipinski definition) is 4. The van der Waals surface area contributed by atoms with E-state index in [-0.39, 0.29) is 42.4 Å². The Hall–Kier alpha value is -3.11. The van der Waals surface area contributed by atoms with Crippen LogP contribution in [-0.4, -0.2) is 42.1 Å². The summed E-state index contributed by atoms with van der Waals surface area (Å²) in [5.74, 6) is -0.392. The molecule has 0 bridgehead atoms. The van der Waals surface area contributed by atoms with Crippen LogP contribution in [0.5, 0.6) is 5.75 Å². The van der Waals surface area contributed by atoms with Crippen LogP contribution in [0, 0.1) is 5.82 Å². The summed E-state index contributed by atoms with van der Waals surface area (Å²) in [4.78, 5) is 36.5. The van der Waals surface area contributed by atoms with Crippen molar-refractivity contribution in [1.29, 1.82) is 0 Å². The van der Waals surface area contributed by atoms with Crippen molar-refractivity contribution in [1.82, 2.24) is 16.0 Å². The average molecular weight is 461 g/mol. The first kappa shape index (κ1) is 23.6. The normalized spacial score (nSPS) is 17.9. The maximum absolute atomic E-state index is 13.2. The van der Waals surface area contributed by atoms with Gasteiger partial charge in [0.1, 0.15) is 17.1 Å². The summed E-state index contributed by atoms with van der Waals surface area (Å²) in [6.45, 7) is 0.355. The number of methoxy groups -OCH3 is 1. The molecule has 2 atom stereocenters. The summed E-state index contributed by atoms with van der Waals surface area (Å²) >= 11 is 1.18. The van der Waals surface area contributed by atoms with Crippen LogP contribution in [0.15, 0.2) is 48.5 Å². The molecule has 2 aromatic carbocycles. The molecule has 10 heteroatoms. The first-order chi connectivity index (χ1) is 15.4. The number of hydrogen-bond acceptors (Lipinski definition) is 6. The van der Waals surface area contributed by atoms with Gasteiger partial charge in [0.05, 0.1) is 12.9 Å². The van der Waals surface area contributed by atoms with Crippen molar-refractivity contribution in [2.24, 2.45) is 0 Å².